The molecule has 0 bridgehead atoms. The third-order valence-corrected chi connectivity index (χ3v) is 3.93. The summed E-state index contributed by atoms with van der Waals surface area (Å²) in [6.07, 6.45) is 3.26. The van der Waals surface area contributed by atoms with Crippen molar-refractivity contribution in [2.75, 3.05) is 26.6 Å². The highest BCUT2D eigenvalue weighted by molar-refractivity contribution is 5.98. The Hall–Kier alpha value is -3.05. The Morgan fingerprint density at radius 2 is 2.19 bits per heavy atom. The lowest BCUT2D eigenvalue weighted by Gasteiger charge is -2.10. The molecule has 1 aromatic carbocycles. The van der Waals surface area contributed by atoms with Gasteiger partial charge in [-0.05, 0) is 36.6 Å². The first kappa shape index (κ1) is 17.8. The van der Waals surface area contributed by atoms with Gasteiger partial charge in [0.15, 0.2) is 18.1 Å². The summed E-state index contributed by atoms with van der Waals surface area (Å²) in [6.45, 7) is 0.766. The van der Waals surface area contributed by atoms with Crippen LogP contribution < -0.4 is 14.8 Å². The second kappa shape index (κ2) is 8.36. The van der Waals surface area contributed by atoms with Gasteiger partial charge in [0.1, 0.15) is 11.6 Å². The van der Waals surface area contributed by atoms with E-state index in [4.69, 9.17) is 18.9 Å². The number of benzene rings is 1. The fourth-order valence-electron chi connectivity index (χ4n) is 2.60. The molecule has 1 atom stereocenters. The van der Waals surface area contributed by atoms with E-state index in [1.165, 1.54) is 6.08 Å². The number of nitriles is 1. The molecule has 0 radical (unpaired) electrons. The molecule has 2 aliphatic heterocycles. The monoisotopic (exact) mass is 358 g/mol. The fraction of sp³-hybridized carbons (Fsp3) is 0.389. The quantitative estimate of drug-likeness (QED) is 0.462. The molecular formula is C18H18N2O6. The zero-order valence-corrected chi connectivity index (χ0v) is 14.0. The van der Waals surface area contributed by atoms with Crippen molar-refractivity contribution in [1.82, 2.24) is 5.32 Å². The van der Waals surface area contributed by atoms with E-state index in [2.05, 4.69) is 5.32 Å². The van der Waals surface area contributed by atoms with E-state index in [-0.39, 0.29) is 18.5 Å². The van der Waals surface area contributed by atoms with Crippen LogP contribution in [0.3, 0.4) is 0 Å². The summed E-state index contributed by atoms with van der Waals surface area (Å²) in [5, 5.41) is 11.8. The molecule has 136 valence electrons. The van der Waals surface area contributed by atoms with E-state index in [0.717, 1.165) is 12.8 Å². The Morgan fingerprint density at radius 1 is 1.35 bits per heavy atom. The predicted octanol–water partition coefficient (Wildman–Crippen LogP) is 1.16. The average molecular weight is 358 g/mol. The first-order valence-electron chi connectivity index (χ1n) is 8.22. The first-order chi connectivity index (χ1) is 12.7. The van der Waals surface area contributed by atoms with Gasteiger partial charge in [0, 0.05) is 13.2 Å². The number of hydrogen-bond donors (Lipinski definition) is 1. The van der Waals surface area contributed by atoms with Crippen LogP contribution in [0.25, 0.3) is 6.08 Å². The van der Waals surface area contributed by atoms with Gasteiger partial charge in [-0.3, -0.25) is 4.79 Å². The molecule has 1 aromatic rings. The average Bonchev–Trinajstić information content (AvgIpc) is 3.33. The molecule has 0 aliphatic carbocycles. The van der Waals surface area contributed by atoms with Crippen LogP contribution in [-0.2, 0) is 19.1 Å². The number of rotatable bonds is 6. The van der Waals surface area contributed by atoms with Crippen LogP contribution in [0.1, 0.15) is 18.4 Å². The standard InChI is InChI=1S/C18H18N2O6/c19-8-13(6-12-3-4-15-16(7-12)26-11-25-15)18(22)24-10-17(21)20-9-14-2-1-5-23-14/h3-4,6-7,14H,1-2,5,9-11H2,(H,20,21)/b13-6-. The van der Waals surface area contributed by atoms with Crippen LogP contribution in [0, 0.1) is 11.3 Å². The molecule has 1 fully saturated rings. The van der Waals surface area contributed by atoms with Crippen molar-refractivity contribution in [3.8, 4) is 17.6 Å². The fourth-order valence-corrected chi connectivity index (χ4v) is 2.60. The van der Waals surface area contributed by atoms with Crippen LogP contribution in [0.4, 0.5) is 0 Å². The van der Waals surface area contributed by atoms with E-state index in [1.54, 1.807) is 24.3 Å². The normalized spacial score (nSPS) is 18.3. The molecule has 1 saturated heterocycles. The van der Waals surface area contributed by atoms with Gasteiger partial charge in [-0.15, -0.1) is 0 Å². The Morgan fingerprint density at radius 3 is 2.96 bits per heavy atom. The number of nitrogens with zero attached hydrogens (tertiary/aromatic N) is 1. The first-order valence-corrected chi connectivity index (χ1v) is 8.22. The molecule has 3 rings (SSSR count). The number of esters is 1. The number of fused-ring (bicyclic) bond motifs is 1. The van der Waals surface area contributed by atoms with Crippen LogP contribution in [0.15, 0.2) is 23.8 Å². The minimum Gasteiger partial charge on any atom is -0.454 e. The minimum atomic E-state index is -0.863. The molecule has 8 nitrogen and oxygen atoms in total. The lowest BCUT2D eigenvalue weighted by atomic mass is 10.1. The van der Waals surface area contributed by atoms with E-state index < -0.39 is 18.5 Å². The maximum Gasteiger partial charge on any atom is 0.349 e. The highest BCUT2D eigenvalue weighted by Crippen LogP contribution is 2.33. The maximum absolute atomic E-state index is 12.0. The lowest BCUT2D eigenvalue weighted by Crippen LogP contribution is -2.34. The summed E-state index contributed by atoms with van der Waals surface area (Å²) >= 11 is 0. The van der Waals surface area contributed by atoms with Crippen LogP contribution in [-0.4, -0.2) is 44.5 Å². The highest BCUT2D eigenvalue weighted by atomic mass is 16.7. The van der Waals surface area contributed by atoms with Crippen molar-refractivity contribution in [2.45, 2.75) is 18.9 Å². The van der Waals surface area contributed by atoms with Crippen LogP contribution >= 0.6 is 0 Å². The van der Waals surface area contributed by atoms with Gasteiger partial charge in [0.2, 0.25) is 6.79 Å². The maximum atomic E-state index is 12.0. The third-order valence-electron chi connectivity index (χ3n) is 3.93. The second-order valence-corrected chi connectivity index (χ2v) is 5.80. The Balaban J connectivity index is 1.51. The lowest BCUT2D eigenvalue weighted by molar-refractivity contribution is -0.144. The summed E-state index contributed by atoms with van der Waals surface area (Å²) in [6, 6.07) is 6.81. The van der Waals surface area contributed by atoms with Gasteiger partial charge in [0.25, 0.3) is 5.91 Å². The van der Waals surface area contributed by atoms with E-state index in [1.807, 2.05) is 0 Å². The van der Waals surface area contributed by atoms with Gasteiger partial charge in [-0.1, -0.05) is 6.07 Å². The van der Waals surface area contributed by atoms with Crippen molar-refractivity contribution >= 4 is 18.0 Å². The Bertz CT molecular complexity index is 761. The SMILES string of the molecule is N#C/C(=C/c1ccc2c(c1)OCO2)C(=O)OCC(=O)NCC1CCCO1. The number of hydrogen-bond acceptors (Lipinski definition) is 7. The number of carbonyl (C=O) groups excluding carboxylic acids is 2. The molecule has 26 heavy (non-hydrogen) atoms. The van der Waals surface area contributed by atoms with Gasteiger partial charge < -0.3 is 24.3 Å². The van der Waals surface area contributed by atoms with Crippen molar-refractivity contribution in [3.63, 3.8) is 0 Å². The van der Waals surface area contributed by atoms with Crippen molar-refractivity contribution in [2.24, 2.45) is 0 Å². The molecule has 2 heterocycles. The number of nitrogens with one attached hydrogen (secondary N) is 1. The van der Waals surface area contributed by atoms with Crippen LogP contribution in [0.2, 0.25) is 0 Å². The molecule has 8 heteroatoms. The molecule has 1 N–H and O–H groups in total. The van der Waals surface area contributed by atoms with Crippen LogP contribution in [0.5, 0.6) is 11.5 Å². The van der Waals surface area contributed by atoms with E-state index >= 15 is 0 Å². The Kier molecular flexibility index (Phi) is 5.71. The molecule has 0 saturated carbocycles. The van der Waals surface area contributed by atoms with Gasteiger partial charge in [-0.25, -0.2) is 4.79 Å². The molecule has 0 spiro atoms. The highest BCUT2D eigenvalue weighted by Gasteiger charge is 2.18. The van der Waals surface area contributed by atoms with E-state index in [9.17, 15) is 14.9 Å². The summed E-state index contributed by atoms with van der Waals surface area (Å²) in [4.78, 5) is 23.7. The third kappa shape index (κ3) is 4.52. The second-order valence-electron chi connectivity index (χ2n) is 5.80. The van der Waals surface area contributed by atoms with Gasteiger partial charge >= 0.3 is 5.97 Å². The summed E-state index contributed by atoms with van der Waals surface area (Å²) < 4.78 is 20.7. The predicted molar refractivity (Wildman–Crippen MR) is 89.1 cm³/mol. The number of ether oxygens (including phenoxy) is 4. The zero-order chi connectivity index (χ0) is 18.4. The smallest absolute Gasteiger partial charge is 0.349 e. The summed E-state index contributed by atoms with van der Waals surface area (Å²) in [5.41, 5.74) is 0.376. The molecule has 0 aromatic heterocycles. The van der Waals surface area contributed by atoms with Gasteiger partial charge in [0.05, 0.1) is 6.10 Å². The molecular weight excluding hydrogens is 340 g/mol. The number of amides is 1. The topological polar surface area (TPSA) is 107 Å². The Labute approximate surface area is 150 Å². The minimum absolute atomic E-state index is 0.00947. The van der Waals surface area contributed by atoms with Gasteiger partial charge in [-0.2, -0.15) is 5.26 Å². The molecule has 1 amide bonds. The summed E-state index contributed by atoms with van der Waals surface area (Å²) in [7, 11) is 0. The summed E-state index contributed by atoms with van der Waals surface area (Å²) in [5.74, 6) is -0.157. The molecule has 2 aliphatic rings. The molecule has 1 unspecified atom stereocenters. The van der Waals surface area contributed by atoms with Crippen molar-refractivity contribution in [3.05, 3.63) is 29.3 Å². The van der Waals surface area contributed by atoms with E-state index in [0.29, 0.717) is 30.2 Å². The van der Waals surface area contributed by atoms with Crippen molar-refractivity contribution in [1.29, 1.82) is 5.26 Å². The van der Waals surface area contributed by atoms with Crippen molar-refractivity contribution < 1.29 is 28.5 Å². The zero-order valence-electron chi connectivity index (χ0n) is 14.0. The number of carbonyl (C=O) groups is 2. The largest absolute Gasteiger partial charge is 0.454 e.